The molecule has 4 N–H and O–H groups in total. The van der Waals surface area contributed by atoms with Gasteiger partial charge in [0.25, 0.3) is 0 Å². The Morgan fingerprint density at radius 2 is 1.84 bits per heavy atom. The number of hydrogen-bond donors (Lipinski definition) is 4. The molecule has 3 rings (SSSR count). The van der Waals surface area contributed by atoms with Crippen LogP contribution in [0.25, 0.3) is 10.8 Å². The van der Waals surface area contributed by atoms with Gasteiger partial charge in [0.05, 0.1) is 17.1 Å². The standard InChI is InChI=1S/C24H30O7/c1-5-11(2)16-7-6-13-8-14-9-15(24(31-4)23(30)20(27)12(3)25)10-17(26)18(14)22(29)19(13)21(16)28/h6-8,11-12,15,20,24-25,27-29H,5,9-10H2,1-4H3. The molecule has 5 unspecified atom stereocenters. The number of methoxy groups -OCH3 is 1. The average Bonchev–Trinajstić information content (AvgIpc) is 2.72. The molecule has 5 atom stereocenters. The van der Waals surface area contributed by atoms with Crippen molar-refractivity contribution in [2.75, 3.05) is 7.11 Å². The van der Waals surface area contributed by atoms with Gasteiger partial charge in [-0.25, -0.2) is 0 Å². The number of carbonyl (C=O) groups excluding carboxylic acids is 2. The van der Waals surface area contributed by atoms with Crippen LogP contribution in [-0.4, -0.2) is 57.4 Å². The smallest absolute Gasteiger partial charge is 0.192 e. The van der Waals surface area contributed by atoms with Crippen LogP contribution in [0.2, 0.25) is 0 Å². The van der Waals surface area contributed by atoms with Gasteiger partial charge in [0.15, 0.2) is 11.6 Å². The summed E-state index contributed by atoms with van der Waals surface area (Å²) in [7, 11) is 1.32. The number of phenolic OH excluding ortho intramolecular Hbond substituents is 2. The zero-order valence-corrected chi connectivity index (χ0v) is 18.3. The van der Waals surface area contributed by atoms with Crippen LogP contribution in [0, 0.1) is 5.92 Å². The van der Waals surface area contributed by atoms with E-state index in [1.54, 1.807) is 12.1 Å². The Morgan fingerprint density at radius 3 is 2.42 bits per heavy atom. The second-order valence-corrected chi connectivity index (χ2v) is 8.51. The number of Topliss-reactive ketones (excluding diaryl/α,β-unsaturated/α-hetero) is 2. The van der Waals surface area contributed by atoms with Crippen LogP contribution < -0.4 is 0 Å². The maximum absolute atomic E-state index is 13.0. The minimum absolute atomic E-state index is 0.0212. The van der Waals surface area contributed by atoms with Gasteiger partial charge in [-0.3, -0.25) is 9.59 Å². The molecule has 0 amide bonds. The van der Waals surface area contributed by atoms with E-state index in [2.05, 4.69) is 0 Å². The monoisotopic (exact) mass is 430 g/mol. The van der Waals surface area contributed by atoms with Crippen LogP contribution in [0.3, 0.4) is 0 Å². The normalized spacial score (nSPS) is 20.2. The van der Waals surface area contributed by atoms with E-state index < -0.39 is 30.0 Å². The second kappa shape index (κ2) is 8.94. The van der Waals surface area contributed by atoms with Gasteiger partial charge >= 0.3 is 0 Å². The number of rotatable bonds is 7. The number of benzene rings is 2. The van der Waals surface area contributed by atoms with Crippen molar-refractivity contribution < 1.29 is 34.8 Å². The van der Waals surface area contributed by atoms with Gasteiger partial charge in [-0.05, 0) is 42.2 Å². The first-order chi connectivity index (χ1) is 14.6. The van der Waals surface area contributed by atoms with Crippen molar-refractivity contribution >= 4 is 22.3 Å². The molecule has 0 heterocycles. The third kappa shape index (κ3) is 4.05. The molecule has 1 aliphatic carbocycles. The molecule has 0 fully saturated rings. The molecule has 0 aliphatic heterocycles. The number of aliphatic hydroxyl groups is 2. The quantitative estimate of drug-likeness (QED) is 0.532. The Labute approximate surface area is 181 Å². The minimum Gasteiger partial charge on any atom is -0.507 e. The first kappa shape index (κ1) is 23.2. The molecule has 0 saturated carbocycles. The molecular formula is C24H30O7. The van der Waals surface area contributed by atoms with Crippen molar-refractivity contribution in [3.63, 3.8) is 0 Å². The summed E-state index contributed by atoms with van der Waals surface area (Å²) in [6.45, 7) is 5.29. The Bertz CT molecular complexity index is 1010. The predicted octanol–water partition coefficient (Wildman–Crippen LogP) is 2.84. The van der Waals surface area contributed by atoms with E-state index in [0.29, 0.717) is 16.5 Å². The van der Waals surface area contributed by atoms with E-state index in [-0.39, 0.29) is 47.0 Å². The van der Waals surface area contributed by atoms with Crippen molar-refractivity contribution in [1.29, 1.82) is 0 Å². The fourth-order valence-corrected chi connectivity index (χ4v) is 4.47. The highest BCUT2D eigenvalue weighted by molar-refractivity contribution is 6.09. The van der Waals surface area contributed by atoms with Gasteiger partial charge in [-0.1, -0.05) is 32.0 Å². The third-order valence-electron chi connectivity index (χ3n) is 6.43. The van der Waals surface area contributed by atoms with Crippen molar-refractivity contribution in [2.24, 2.45) is 5.92 Å². The number of ether oxygens (including phenoxy) is 1. The topological polar surface area (TPSA) is 124 Å². The number of aromatic hydroxyl groups is 2. The lowest BCUT2D eigenvalue weighted by molar-refractivity contribution is -0.145. The summed E-state index contributed by atoms with van der Waals surface area (Å²) < 4.78 is 5.30. The molecular weight excluding hydrogens is 400 g/mol. The molecule has 1 aliphatic rings. The Hall–Kier alpha value is -2.48. The van der Waals surface area contributed by atoms with Gasteiger partial charge in [-0.2, -0.15) is 0 Å². The molecule has 0 spiro atoms. The van der Waals surface area contributed by atoms with Crippen molar-refractivity contribution in [2.45, 2.75) is 64.3 Å². The van der Waals surface area contributed by atoms with E-state index in [4.69, 9.17) is 4.74 Å². The van der Waals surface area contributed by atoms with Crippen LogP contribution in [-0.2, 0) is 16.0 Å². The summed E-state index contributed by atoms with van der Waals surface area (Å²) in [4.78, 5) is 25.5. The summed E-state index contributed by atoms with van der Waals surface area (Å²) in [6.07, 6.45) is -2.91. The maximum atomic E-state index is 13.0. The Morgan fingerprint density at radius 1 is 1.16 bits per heavy atom. The maximum Gasteiger partial charge on any atom is 0.192 e. The lowest BCUT2D eigenvalue weighted by atomic mass is 9.77. The Balaban J connectivity index is 2.06. The summed E-state index contributed by atoms with van der Waals surface area (Å²) in [5, 5.41) is 42.1. The van der Waals surface area contributed by atoms with E-state index >= 15 is 0 Å². The summed E-state index contributed by atoms with van der Waals surface area (Å²) >= 11 is 0. The molecule has 0 radical (unpaired) electrons. The lowest BCUT2D eigenvalue weighted by Crippen LogP contribution is -2.45. The van der Waals surface area contributed by atoms with Crippen LogP contribution in [0.5, 0.6) is 11.5 Å². The zero-order valence-electron chi connectivity index (χ0n) is 18.3. The molecule has 0 saturated heterocycles. The van der Waals surface area contributed by atoms with E-state index in [1.165, 1.54) is 14.0 Å². The fraction of sp³-hybridized carbons (Fsp3) is 0.500. The van der Waals surface area contributed by atoms with Crippen molar-refractivity contribution in [3.05, 3.63) is 34.9 Å². The first-order valence-corrected chi connectivity index (χ1v) is 10.6. The van der Waals surface area contributed by atoms with E-state index in [9.17, 15) is 30.0 Å². The van der Waals surface area contributed by atoms with Gasteiger partial charge in [0.1, 0.15) is 23.7 Å². The lowest BCUT2D eigenvalue weighted by Gasteiger charge is -2.31. The molecule has 168 valence electrons. The molecule has 0 bridgehead atoms. The highest BCUT2D eigenvalue weighted by atomic mass is 16.5. The highest BCUT2D eigenvalue weighted by Gasteiger charge is 2.39. The van der Waals surface area contributed by atoms with Crippen LogP contribution in [0.4, 0.5) is 0 Å². The van der Waals surface area contributed by atoms with Crippen LogP contribution in [0.1, 0.15) is 61.0 Å². The van der Waals surface area contributed by atoms with E-state index in [1.807, 2.05) is 19.9 Å². The Kier molecular flexibility index (Phi) is 6.69. The zero-order chi connectivity index (χ0) is 23.0. The number of ketones is 2. The minimum atomic E-state index is -1.61. The summed E-state index contributed by atoms with van der Waals surface area (Å²) in [5.74, 6) is -1.76. The van der Waals surface area contributed by atoms with Gasteiger partial charge in [0, 0.05) is 19.4 Å². The van der Waals surface area contributed by atoms with Crippen LogP contribution in [0.15, 0.2) is 18.2 Å². The van der Waals surface area contributed by atoms with Crippen molar-refractivity contribution in [1.82, 2.24) is 0 Å². The van der Waals surface area contributed by atoms with Crippen LogP contribution >= 0.6 is 0 Å². The predicted molar refractivity (Wildman–Crippen MR) is 116 cm³/mol. The number of carbonyl (C=O) groups is 2. The molecule has 31 heavy (non-hydrogen) atoms. The van der Waals surface area contributed by atoms with E-state index in [0.717, 1.165) is 6.42 Å². The summed E-state index contributed by atoms with van der Waals surface area (Å²) in [6, 6.07) is 5.37. The molecule has 2 aromatic carbocycles. The largest absolute Gasteiger partial charge is 0.507 e. The summed E-state index contributed by atoms with van der Waals surface area (Å²) in [5.41, 5.74) is 1.42. The van der Waals surface area contributed by atoms with Gasteiger partial charge in [-0.15, -0.1) is 0 Å². The average molecular weight is 430 g/mol. The number of phenols is 2. The van der Waals surface area contributed by atoms with Gasteiger partial charge in [0.2, 0.25) is 0 Å². The highest BCUT2D eigenvalue weighted by Crippen LogP contribution is 2.44. The van der Waals surface area contributed by atoms with Crippen molar-refractivity contribution in [3.8, 4) is 11.5 Å². The molecule has 2 aromatic rings. The SMILES string of the molecule is CCC(C)c1ccc2cc3c(c(O)c2c1O)C(=O)CC(C(OC)C(=O)C(O)C(C)O)C3. The number of fused-ring (bicyclic) bond motifs is 2. The molecule has 7 heteroatoms. The second-order valence-electron chi connectivity index (χ2n) is 8.51. The molecule has 0 aromatic heterocycles. The molecule has 7 nitrogen and oxygen atoms in total. The third-order valence-corrected chi connectivity index (χ3v) is 6.43. The fourth-order valence-electron chi connectivity index (χ4n) is 4.47. The first-order valence-electron chi connectivity index (χ1n) is 10.6. The number of aliphatic hydroxyl groups excluding tert-OH is 2. The number of hydrogen-bond acceptors (Lipinski definition) is 7. The van der Waals surface area contributed by atoms with Gasteiger partial charge < -0.3 is 25.2 Å².